The first-order valence-corrected chi connectivity index (χ1v) is 9.13. The van der Waals surface area contributed by atoms with Crippen LogP contribution < -0.4 is 10.6 Å². The van der Waals surface area contributed by atoms with Crippen LogP contribution in [0.1, 0.15) is 25.7 Å². The van der Waals surface area contributed by atoms with Gasteiger partial charge in [0.15, 0.2) is 0 Å². The van der Waals surface area contributed by atoms with Gasteiger partial charge in [-0.05, 0) is 43.7 Å². The lowest BCUT2D eigenvalue weighted by Crippen LogP contribution is -2.47. The Balaban J connectivity index is 1.30. The van der Waals surface area contributed by atoms with E-state index in [1.807, 2.05) is 18.2 Å². The van der Waals surface area contributed by atoms with Gasteiger partial charge >= 0.3 is 6.03 Å². The van der Waals surface area contributed by atoms with Crippen molar-refractivity contribution >= 4 is 17.8 Å². The molecular weight excluding hydrogens is 296 g/mol. The first-order valence-electron chi connectivity index (χ1n) is 8.15. The van der Waals surface area contributed by atoms with E-state index in [2.05, 4.69) is 22.8 Å². The standard InChI is InChI=1S/C17H24N2O2S/c20-17(18-9-11-22-15-4-2-1-3-5-15)19-14-8-10-21-16(12-14)13-6-7-13/h1-5,13-14,16H,6-12H2,(H2,18,19,20). The Morgan fingerprint density at radius 3 is 2.82 bits per heavy atom. The number of hydrogen-bond acceptors (Lipinski definition) is 3. The molecule has 0 bridgehead atoms. The maximum atomic E-state index is 11.9. The van der Waals surface area contributed by atoms with Gasteiger partial charge in [-0.25, -0.2) is 4.79 Å². The summed E-state index contributed by atoms with van der Waals surface area (Å²) in [4.78, 5) is 13.2. The zero-order valence-corrected chi connectivity index (χ0v) is 13.6. The molecule has 1 aliphatic carbocycles. The molecule has 1 saturated heterocycles. The number of nitrogens with one attached hydrogen (secondary N) is 2. The van der Waals surface area contributed by atoms with Gasteiger partial charge in [-0.15, -0.1) is 11.8 Å². The molecule has 1 saturated carbocycles. The van der Waals surface area contributed by atoms with Gasteiger partial charge in [0.05, 0.1) is 6.10 Å². The Morgan fingerprint density at radius 2 is 2.05 bits per heavy atom. The van der Waals surface area contributed by atoms with Gasteiger partial charge < -0.3 is 15.4 Å². The maximum absolute atomic E-state index is 11.9. The number of thioether (sulfide) groups is 1. The smallest absolute Gasteiger partial charge is 0.315 e. The molecule has 4 nitrogen and oxygen atoms in total. The molecule has 2 atom stereocenters. The molecule has 5 heteroatoms. The highest BCUT2D eigenvalue weighted by atomic mass is 32.2. The molecule has 2 N–H and O–H groups in total. The Hall–Kier alpha value is -1.20. The van der Waals surface area contributed by atoms with E-state index in [0.29, 0.717) is 12.6 Å². The summed E-state index contributed by atoms with van der Waals surface area (Å²) in [6.07, 6.45) is 4.85. The van der Waals surface area contributed by atoms with Crippen LogP contribution in [0.25, 0.3) is 0 Å². The molecule has 0 spiro atoms. The van der Waals surface area contributed by atoms with Crippen LogP contribution in [0.5, 0.6) is 0 Å². The number of carbonyl (C=O) groups excluding carboxylic acids is 1. The van der Waals surface area contributed by atoms with Gasteiger partial charge in [0.2, 0.25) is 0 Å². The van der Waals surface area contributed by atoms with Gasteiger partial charge in [0.25, 0.3) is 0 Å². The molecule has 0 radical (unpaired) electrons. The fourth-order valence-corrected chi connectivity index (χ4v) is 3.63. The van der Waals surface area contributed by atoms with Gasteiger partial charge in [-0.3, -0.25) is 0 Å². The maximum Gasteiger partial charge on any atom is 0.315 e. The van der Waals surface area contributed by atoms with Crippen molar-refractivity contribution in [3.63, 3.8) is 0 Å². The minimum Gasteiger partial charge on any atom is -0.378 e. The highest BCUT2D eigenvalue weighted by Crippen LogP contribution is 2.38. The predicted octanol–water partition coefficient (Wildman–Crippen LogP) is 3.04. The van der Waals surface area contributed by atoms with Crippen LogP contribution in [-0.2, 0) is 4.74 Å². The minimum atomic E-state index is -0.0462. The fourth-order valence-electron chi connectivity index (χ4n) is 2.84. The third-order valence-electron chi connectivity index (χ3n) is 4.20. The highest BCUT2D eigenvalue weighted by molar-refractivity contribution is 7.99. The Labute approximate surface area is 136 Å². The third-order valence-corrected chi connectivity index (χ3v) is 5.21. The van der Waals surface area contributed by atoms with E-state index in [9.17, 15) is 4.79 Å². The summed E-state index contributed by atoms with van der Waals surface area (Å²) in [5, 5.41) is 6.04. The van der Waals surface area contributed by atoms with Gasteiger partial charge in [-0.2, -0.15) is 0 Å². The summed E-state index contributed by atoms with van der Waals surface area (Å²) in [5.41, 5.74) is 0. The predicted molar refractivity (Wildman–Crippen MR) is 89.2 cm³/mol. The lowest BCUT2D eigenvalue weighted by Gasteiger charge is -2.30. The van der Waals surface area contributed by atoms with Gasteiger partial charge in [-0.1, -0.05) is 18.2 Å². The monoisotopic (exact) mass is 320 g/mol. The summed E-state index contributed by atoms with van der Waals surface area (Å²) in [5.74, 6) is 1.63. The normalized spacial score (nSPS) is 24.7. The zero-order valence-electron chi connectivity index (χ0n) is 12.8. The second-order valence-electron chi connectivity index (χ2n) is 6.03. The zero-order chi connectivity index (χ0) is 15.2. The molecule has 0 aromatic heterocycles. The van der Waals surface area contributed by atoms with Crippen molar-refractivity contribution in [2.24, 2.45) is 5.92 Å². The molecule has 2 amide bonds. The second kappa shape index (κ2) is 7.88. The number of rotatable bonds is 6. The summed E-state index contributed by atoms with van der Waals surface area (Å²) in [6.45, 7) is 1.46. The SMILES string of the molecule is O=C(NCCSc1ccccc1)NC1CCOC(C2CC2)C1. The van der Waals surface area contributed by atoms with Crippen LogP contribution in [0.3, 0.4) is 0 Å². The molecule has 1 aliphatic heterocycles. The third kappa shape index (κ3) is 4.92. The summed E-state index contributed by atoms with van der Waals surface area (Å²) in [7, 11) is 0. The second-order valence-corrected chi connectivity index (χ2v) is 7.20. The van der Waals surface area contributed by atoms with Gasteiger partial charge in [0.1, 0.15) is 0 Å². The molecule has 22 heavy (non-hydrogen) atoms. The van der Waals surface area contributed by atoms with Crippen LogP contribution in [0.15, 0.2) is 35.2 Å². The molecular formula is C17H24N2O2S. The summed E-state index contributed by atoms with van der Waals surface area (Å²) < 4.78 is 5.79. The highest BCUT2D eigenvalue weighted by Gasteiger charge is 2.36. The van der Waals surface area contributed by atoms with Crippen LogP contribution in [0, 0.1) is 5.92 Å². The van der Waals surface area contributed by atoms with Crippen molar-refractivity contribution in [3.8, 4) is 0 Å². The first-order chi connectivity index (χ1) is 10.8. The number of carbonyl (C=O) groups is 1. The fraction of sp³-hybridized carbons (Fsp3) is 0.588. The molecule has 1 aromatic carbocycles. The Morgan fingerprint density at radius 1 is 1.23 bits per heavy atom. The van der Waals surface area contributed by atoms with Crippen LogP contribution >= 0.6 is 11.8 Å². The van der Waals surface area contributed by atoms with E-state index >= 15 is 0 Å². The molecule has 2 aliphatic rings. The summed E-state index contributed by atoms with van der Waals surface area (Å²) in [6, 6.07) is 10.5. The van der Waals surface area contributed by atoms with Crippen molar-refractivity contribution < 1.29 is 9.53 Å². The number of hydrogen-bond donors (Lipinski definition) is 2. The van der Waals surface area contributed by atoms with Crippen molar-refractivity contribution in [1.82, 2.24) is 10.6 Å². The average molecular weight is 320 g/mol. The van der Waals surface area contributed by atoms with Crippen molar-refractivity contribution in [1.29, 1.82) is 0 Å². The number of ether oxygens (including phenoxy) is 1. The molecule has 1 aromatic rings. The molecule has 120 valence electrons. The number of urea groups is 1. The van der Waals surface area contributed by atoms with Gasteiger partial charge in [0, 0.05) is 29.8 Å². The topological polar surface area (TPSA) is 50.4 Å². The largest absolute Gasteiger partial charge is 0.378 e. The lowest BCUT2D eigenvalue weighted by molar-refractivity contribution is -0.00912. The molecule has 2 unspecified atom stereocenters. The van der Waals surface area contributed by atoms with Crippen LogP contribution in [-0.4, -0.2) is 37.1 Å². The average Bonchev–Trinajstić information content (AvgIpc) is 3.38. The van der Waals surface area contributed by atoms with Crippen LogP contribution in [0.2, 0.25) is 0 Å². The van der Waals surface area contributed by atoms with Crippen molar-refractivity contribution in [2.45, 2.75) is 42.7 Å². The quantitative estimate of drug-likeness (QED) is 0.626. The van der Waals surface area contributed by atoms with E-state index in [0.717, 1.165) is 31.1 Å². The van der Waals surface area contributed by atoms with E-state index in [1.54, 1.807) is 11.8 Å². The van der Waals surface area contributed by atoms with E-state index in [4.69, 9.17) is 4.74 Å². The molecule has 2 fully saturated rings. The molecule has 1 heterocycles. The Kier molecular flexibility index (Phi) is 5.62. The Bertz CT molecular complexity index is 479. The van der Waals surface area contributed by atoms with E-state index in [1.165, 1.54) is 17.7 Å². The van der Waals surface area contributed by atoms with E-state index < -0.39 is 0 Å². The van der Waals surface area contributed by atoms with E-state index in [-0.39, 0.29) is 12.1 Å². The van der Waals surface area contributed by atoms with Crippen molar-refractivity contribution in [3.05, 3.63) is 30.3 Å². The number of benzene rings is 1. The summed E-state index contributed by atoms with van der Waals surface area (Å²) >= 11 is 1.76. The molecule has 3 rings (SSSR count). The van der Waals surface area contributed by atoms with Crippen molar-refractivity contribution in [2.75, 3.05) is 18.9 Å². The minimum absolute atomic E-state index is 0.0462. The first kappa shape index (κ1) is 15.7. The number of amides is 2. The lowest BCUT2D eigenvalue weighted by atomic mass is 10.0. The van der Waals surface area contributed by atoms with Crippen LogP contribution in [0.4, 0.5) is 4.79 Å².